The fraction of sp³-hybridized carbons (Fsp3) is 0.500. The lowest BCUT2D eigenvalue weighted by Crippen LogP contribution is -2.40. The Morgan fingerprint density at radius 1 is 1.47 bits per heavy atom. The maximum absolute atomic E-state index is 11.9. The molecule has 0 aromatic carbocycles. The molecule has 1 aromatic heterocycles. The Labute approximate surface area is 100 Å². The minimum absolute atomic E-state index is 0.0640. The molecule has 1 aliphatic rings. The first-order valence-corrected chi connectivity index (χ1v) is 5.81. The fourth-order valence-electron chi connectivity index (χ4n) is 1.92. The predicted molar refractivity (Wildman–Crippen MR) is 64.2 cm³/mol. The third-order valence-electron chi connectivity index (χ3n) is 3.00. The molecule has 2 heterocycles. The van der Waals surface area contributed by atoms with Crippen molar-refractivity contribution in [2.24, 2.45) is 0 Å². The van der Waals surface area contributed by atoms with Crippen LogP contribution in [0.3, 0.4) is 0 Å². The van der Waals surface area contributed by atoms with Gasteiger partial charge in [-0.2, -0.15) is 0 Å². The van der Waals surface area contributed by atoms with Crippen molar-refractivity contribution >= 4 is 11.6 Å². The van der Waals surface area contributed by atoms with E-state index >= 15 is 0 Å². The molecule has 0 unspecified atom stereocenters. The van der Waals surface area contributed by atoms with E-state index in [1.54, 1.807) is 23.2 Å². The minimum atomic E-state index is -0.256. The van der Waals surface area contributed by atoms with Crippen LogP contribution < -0.4 is 5.73 Å². The van der Waals surface area contributed by atoms with Gasteiger partial charge in [0.15, 0.2) is 0 Å². The number of aromatic nitrogens is 1. The Morgan fingerprint density at radius 2 is 2.18 bits per heavy atom. The molecular weight excluding hydrogens is 218 g/mol. The number of nitrogens with two attached hydrogens (primary N) is 1. The summed E-state index contributed by atoms with van der Waals surface area (Å²) in [6, 6.07) is 3.52. The maximum Gasteiger partial charge on any atom is 0.228 e. The standard InChI is InChI=1S/C12H17N3O2/c13-9-1-2-10(14-8-9)7-12(17)15-5-3-11(16)4-6-15/h1-2,8,11,16H,3-7,13H2. The van der Waals surface area contributed by atoms with Crippen LogP contribution in [0.2, 0.25) is 0 Å². The van der Waals surface area contributed by atoms with Gasteiger partial charge in [-0.15, -0.1) is 0 Å². The number of hydrogen-bond acceptors (Lipinski definition) is 4. The second-order valence-electron chi connectivity index (χ2n) is 4.37. The quantitative estimate of drug-likeness (QED) is 0.767. The van der Waals surface area contributed by atoms with Crippen LogP contribution >= 0.6 is 0 Å². The number of aliphatic hydroxyl groups excluding tert-OH is 1. The summed E-state index contributed by atoms with van der Waals surface area (Å²) in [5, 5.41) is 9.36. The van der Waals surface area contributed by atoms with Gasteiger partial charge in [-0.1, -0.05) is 0 Å². The summed E-state index contributed by atoms with van der Waals surface area (Å²) < 4.78 is 0. The number of anilines is 1. The van der Waals surface area contributed by atoms with E-state index in [0.29, 0.717) is 38.0 Å². The summed E-state index contributed by atoms with van der Waals surface area (Å²) in [4.78, 5) is 17.8. The average Bonchev–Trinajstić information content (AvgIpc) is 2.33. The van der Waals surface area contributed by atoms with Crippen LogP contribution in [-0.2, 0) is 11.2 Å². The van der Waals surface area contributed by atoms with Crippen molar-refractivity contribution in [2.45, 2.75) is 25.4 Å². The Morgan fingerprint density at radius 3 is 2.76 bits per heavy atom. The Hall–Kier alpha value is -1.62. The molecule has 17 heavy (non-hydrogen) atoms. The molecule has 0 atom stereocenters. The predicted octanol–water partition coefficient (Wildman–Crippen LogP) is 0.190. The summed E-state index contributed by atoms with van der Waals surface area (Å²) in [7, 11) is 0. The molecule has 2 rings (SSSR count). The molecule has 3 N–H and O–H groups in total. The van der Waals surface area contributed by atoms with Gasteiger partial charge >= 0.3 is 0 Å². The SMILES string of the molecule is Nc1ccc(CC(=O)N2CCC(O)CC2)nc1. The van der Waals surface area contributed by atoms with Crippen molar-refractivity contribution in [3.8, 4) is 0 Å². The van der Waals surface area contributed by atoms with E-state index in [0.717, 1.165) is 5.69 Å². The molecule has 92 valence electrons. The molecule has 1 fully saturated rings. The lowest BCUT2D eigenvalue weighted by atomic mass is 10.1. The van der Waals surface area contributed by atoms with Crippen molar-refractivity contribution in [3.63, 3.8) is 0 Å². The van der Waals surface area contributed by atoms with Crippen LogP contribution in [0.4, 0.5) is 5.69 Å². The highest BCUT2D eigenvalue weighted by molar-refractivity contribution is 5.78. The highest BCUT2D eigenvalue weighted by atomic mass is 16.3. The first kappa shape index (κ1) is 11.9. The highest BCUT2D eigenvalue weighted by Crippen LogP contribution is 2.11. The number of pyridine rings is 1. The van der Waals surface area contributed by atoms with Gasteiger partial charge in [-0.25, -0.2) is 0 Å². The summed E-state index contributed by atoms with van der Waals surface area (Å²) in [5.74, 6) is 0.0640. The third kappa shape index (κ3) is 3.17. The normalized spacial score (nSPS) is 17.1. The molecule has 0 spiro atoms. The number of nitrogens with zero attached hydrogens (tertiary/aromatic N) is 2. The van der Waals surface area contributed by atoms with E-state index in [1.807, 2.05) is 0 Å². The van der Waals surface area contributed by atoms with Gasteiger partial charge in [0.1, 0.15) is 0 Å². The van der Waals surface area contributed by atoms with E-state index in [1.165, 1.54) is 0 Å². The van der Waals surface area contributed by atoms with Crippen LogP contribution in [0.1, 0.15) is 18.5 Å². The van der Waals surface area contributed by atoms with E-state index in [-0.39, 0.29) is 12.0 Å². The smallest absolute Gasteiger partial charge is 0.228 e. The van der Waals surface area contributed by atoms with Crippen LogP contribution in [0, 0.1) is 0 Å². The Bertz CT molecular complexity index is 383. The second kappa shape index (κ2) is 5.14. The van der Waals surface area contributed by atoms with Crippen molar-refractivity contribution in [3.05, 3.63) is 24.0 Å². The molecule has 5 heteroatoms. The minimum Gasteiger partial charge on any atom is -0.397 e. The lowest BCUT2D eigenvalue weighted by Gasteiger charge is -2.29. The first-order valence-electron chi connectivity index (χ1n) is 5.81. The van der Waals surface area contributed by atoms with Crippen molar-refractivity contribution in [2.75, 3.05) is 18.8 Å². The second-order valence-corrected chi connectivity index (χ2v) is 4.37. The van der Waals surface area contributed by atoms with Gasteiger partial charge in [-0.3, -0.25) is 9.78 Å². The first-order chi connectivity index (χ1) is 8.15. The zero-order chi connectivity index (χ0) is 12.3. The molecule has 1 aromatic rings. The fourth-order valence-corrected chi connectivity index (χ4v) is 1.92. The molecule has 0 aliphatic carbocycles. The van der Waals surface area contributed by atoms with Crippen LogP contribution in [0.25, 0.3) is 0 Å². The lowest BCUT2D eigenvalue weighted by molar-refractivity contribution is -0.132. The Balaban J connectivity index is 1.90. The van der Waals surface area contributed by atoms with Crippen LogP contribution in [-0.4, -0.2) is 40.1 Å². The van der Waals surface area contributed by atoms with Crippen LogP contribution in [0.15, 0.2) is 18.3 Å². The number of rotatable bonds is 2. The molecule has 1 amide bonds. The average molecular weight is 235 g/mol. The van der Waals surface area contributed by atoms with Gasteiger partial charge in [0.2, 0.25) is 5.91 Å². The largest absolute Gasteiger partial charge is 0.397 e. The molecule has 1 saturated heterocycles. The number of aliphatic hydroxyl groups is 1. The maximum atomic E-state index is 11.9. The molecule has 0 radical (unpaired) electrons. The van der Waals surface area contributed by atoms with E-state index < -0.39 is 0 Å². The number of nitrogen functional groups attached to an aromatic ring is 1. The monoisotopic (exact) mass is 235 g/mol. The van der Waals surface area contributed by atoms with Gasteiger partial charge in [0.25, 0.3) is 0 Å². The van der Waals surface area contributed by atoms with Gasteiger partial charge in [0, 0.05) is 18.8 Å². The number of carbonyl (C=O) groups is 1. The summed E-state index contributed by atoms with van der Waals surface area (Å²) in [6.45, 7) is 1.27. The number of piperidine rings is 1. The van der Waals surface area contributed by atoms with Crippen molar-refractivity contribution in [1.29, 1.82) is 0 Å². The number of carbonyl (C=O) groups excluding carboxylic acids is 1. The van der Waals surface area contributed by atoms with Crippen molar-refractivity contribution < 1.29 is 9.90 Å². The number of amides is 1. The molecule has 0 saturated carbocycles. The molecule has 0 bridgehead atoms. The zero-order valence-electron chi connectivity index (χ0n) is 9.67. The molecule has 1 aliphatic heterocycles. The highest BCUT2D eigenvalue weighted by Gasteiger charge is 2.21. The zero-order valence-corrected chi connectivity index (χ0v) is 9.67. The van der Waals surface area contributed by atoms with E-state index in [4.69, 9.17) is 5.73 Å². The third-order valence-corrected chi connectivity index (χ3v) is 3.00. The summed E-state index contributed by atoms with van der Waals surface area (Å²) in [6.07, 6.45) is 2.94. The summed E-state index contributed by atoms with van der Waals surface area (Å²) in [5.41, 5.74) is 6.86. The summed E-state index contributed by atoms with van der Waals surface area (Å²) >= 11 is 0. The van der Waals surface area contributed by atoms with Gasteiger partial charge in [-0.05, 0) is 25.0 Å². The van der Waals surface area contributed by atoms with Gasteiger partial charge in [0.05, 0.1) is 24.4 Å². The van der Waals surface area contributed by atoms with E-state index in [9.17, 15) is 9.90 Å². The van der Waals surface area contributed by atoms with Gasteiger partial charge < -0.3 is 15.7 Å². The van der Waals surface area contributed by atoms with Crippen molar-refractivity contribution in [1.82, 2.24) is 9.88 Å². The molecular formula is C12H17N3O2. The number of hydrogen-bond donors (Lipinski definition) is 2. The van der Waals surface area contributed by atoms with Crippen LogP contribution in [0.5, 0.6) is 0 Å². The molecule has 5 nitrogen and oxygen atoms in total. The topological polar surface area (TPSA) is 79.5 Å². The number of likely N-dealkylation sites (tertiary alicyclic amines) is 1. The Kier molecular flexibility index (Phi) is 3.58. The van der Waals surface area contributed by atoms with E-state index in [2.05, 4.69) is 4.98 Å².